The van der Waals surface area contributed by atoms with Crippen molar-refractivity contribution in [2.75, 3.05) is 0 Å². The Hall–Kier alpha value is -2.42. The third kappa shape index (κ3) is 1.89. The van der Waals surface area contributed by atoms with Crippen LogP contribution in [-0.2, 0) is 0 Å². The second-order valence-electron chi connectivity index (χ2n) is 7.18. The highest BCUT2D eigenvalue weighted by Crippen LogP contribution is 2.44. The standard InChI is InChI=1S/C24H16S2/c1-13-3-5-15-17-7-9-20-19(23(17)25-21(15)11-13)10-8-18-16-6-4-14(2)12-22(16)26-24(18)20/h3-12H,1-2H3. The van der Waals surface area contributed by atoms with Crippen molar-refractivity contribution in [3.63, 3.8) is 0 Å². The maximum absolute atomic E-state index is 2.33. The van der Waals surface area contributed by atoms with Crippen LogP contribution in [0.2, 0.25) is 0 Å². The lowest BCUT2D eigenvalue weighted by Gasteiger charge is -2.02. The van der Waals surface area contributed by atoms with Crippen LogP contribution in [0.25, 0.3) is 51.1 Å². The van der Waals surface area contributed by atoms with E-state index in [1.807, 2.05) is 22.7 Å². The molecule has 0 saturated carbocycles. The number of aryl methyl sites for hydroxylation is 2. The van der Waals surface area contributed by atoms with Crippen molar-refractivity contribution < 1.29 is 0 Å². The zero-order chi connectivity index (χ0) is 17.4. The first-order chi connectivity index (χ1) is 12.7. The Kier molecular flexibility index (Phi) is 2.87. The summed E-state index contributed by atoms with van der Waals surface area (Å²) >= 11 is 3.86. The Morgan fingerprint density at radius 3 is 1.23 bits per heavy atom. The number of fused-ring (bicyclic) bond motifs is 9. The van der Waals surface area contributed by atoms with E-state index in [9.17, 15) is 0 Å². The average Bonchev–Trinajstić information content (AvgIpc) is 3.18. The van der Waals surface area contributed by atoms with Gasteiger partial charge in [0, 0.05) is 51.1 Å². The molecule has 0 N–H and O–H groups in total. The molecule has 26 heavy (non-hydrogen) atoms. The maximum Gasteiger partial charge on any atom is 0.0434 e. The highest BCUT2D eigenvalue weighted by atomic mass is 32.1. The fourth-order valence-electron chi connectivity index (χ4n) is 4.09. The van der Waals surface area contributed by atoms with Gasteiger partial charge in [-0.2, -0.15) is 0 Å². The summed E-state index contributed by atoms with van der Waals surface area (Å²) in [5.41, 5.74) is 2.66. The Balaban J connectivity index is 1.81. The van der Waals surface area contributed by atoms with E-state index in [-0.39, 0.29) is 0 Å². The monoisotopic (exact) mass is 368 g/mol. The summed E-state index contributed by atoms with van der Waals surface area (Å²) < 4.78 is 5.61. The van der Waals surface area contributed by atoms with Crippen LogP contribution in [0, 0.1) is 13.8 Å². The maximum atomic E-state index is 2.33. The number of rotatable bonds is 0. The summed E-state index contributed by atoms with van der Waals surface area (Å²) in [4.78, 5) is 0. The first-order valence-corrected chi connectivity index (χ1v) is 10.5. The molecule has 0 aliphatic rings. The number of thiophene rings is 2. The molecule has 2 aromatic heterocycles. The Morgan fingerprint density at radius 1 is 0.462 bits per heavy atom. The van der Waals surface area contributed by atoms with E-state index in [2.05, 4.69) is 74.5 Å². The van der Waals surface area contributed by atoms with Crippen LogP contribution < -0.4 is 0 Å². The molecule has 0 aliphatic heterocycles. The largest absolute Gasteiger partial charge is 0.135 e. The van der Waals surface area contributed by atoms with Crippen LogP contribution in [0.3, 0.4) is 0 Å². The topological polar surface area (TPSA) is 0 Å². The highest BCUT2D eigenvalue weighted by Gasteiger charge is 2.13. The summed E-state index contributed by atoms with van der Waals surface area (Å²) in [6, 6.07) is 22.9. The van der Waals surface area contributed by atoms with Gasteiger partial charge < -0.3 is 0 Å². The molecule has 0 bridgehead atoms. The van der Waals surface area contributed by atoms with E-state index >= 15 is 0 Å². The van der Waals surface area contributed by atoms with E-state index in [1.165, 1.54) is 62.2 Å². The first kappa shape index (κ1) is 14.7. The van der Waals surface area contributed by atoms with Crippen molar-refractivity contribution >= 4 is 73.8 Å². The van der Waals surface area contributed by atoms with Gasteiger partial charge in [-0.25, -0.2) is 0 Å². The van der Waals surface area contributed by atoms with Crippen LogP contribution in [0.15, 0.2) is 60.7 Å². The van der Waals surface area contributed by atoms with Crippen molar-refractivity contribution in [3.05, 3.63) is 71.8 Å². The molecule has 0 atom stereocenters. The molecule has 0 nitrogen and oxygen atoms in total. The van der Waals surface area contributed by atoms with Gasteiger partial charge in [0.1, 0.15) is 0 Å². The van der Waals surface area contributed by atoms with E-state index in [1.54, 1.807) is 0 Å². The van der Waals surface area contributed by atoms with Crippen molar-refractivity contribution in [2.24, 2.45) is 0 Å². The zero-order valence-electron chi connectivity index (χ0n) is 14.6. The molecule has 6 aromatic rings. The quantitative estimate of drug-likeness (QED) is 0.253. The summed E-state index contributed by atoms with van der Waals surface area (Å²) in [5, 5.41) is 8.30. The van der Waals surface area contributed by atoms with Crippen molar-refractivity contribution in [2.45, 2.75) is 13.8 Å². The molecule has 2 heterocycles. The molecule has 0 spiro atoms. The minimum Gasteiger partial charge on any atom is -0.135 e. The summed E-state index contributed by atoms with van der Waals surface area (Å²) in [7, 11) is 0. The van der Waals surface area contributed by atoms with Gasteiger partial charge in [0.15, 0.2) is 0 Å². The molecule has 4 aromatic carbocycles. The zero-order valence-corrected chi connectivity index (χ0v) is 16.2. The van der Waals surface area contributed by atoms with Gasteiger partial charge in [0.25, 0.3) is 0 Å². The van der Waals surface area contributed by atoms with Crippen molar-refractivity contribution in [3.8, 4) is 0 Å². The molecule has 0 saturated heterocycles. The molecule has 0 aliphatic carbocycles. The molecule has 0 radical (unpaired) electrons. The van der Waals surface area contributed by atoms with Crippen LogP contribution in [-0.4, -0.2) is 0 Å². The van der Waals surface area contributed by atoms with E-state index in [0.29, 0.717) is 0 Å². The Labute approximate surface area is 159 Å². The minimum atomic E-state index is 1.33. The normalized spacial score (nSPS) is 12.2. The molecule has 0 amide bonds. The predicted octanol–water partition coefficient (Wildman–Crippen LogP) is 8.19. The third-order valence-electron chi connectivity index (χ3n) is 5.38. The van der Waals surface area contributed by atoms with Gasteiger partial charge in [0.05, 0.1) is 0 Å². The Bertz CT molecular complexity index is 1380. The van der Waals surface area contributed by atoms with Gasteiger partial charge in [0.2, 0.25) is 0 Å². The molecular formula is C24H16S2. The molecule has 124 valence electrons. The predicted molar refractivity (Wildman–Crippen MR) is 119 cm³/mol. The van der Waals surface area contributed by atoms with E-state index in [4.69, 9.17) is 0 Å². The molecule has 0 fully saturated rings. The van der Waals surface area contributed by atoms with Crippen LogP contribution in [0.4, 0.5) is 0 Å². The van der Waals surface area contributed by atoms with Gasteiger partial charge in [-0.3, -0.25) is 0 Å². The summed E-state index contributed by atoms with van der Waals surface area (Å²) in [5.74, 6) is 0. The lowest BCUT2D eigenvalue weighted by atomic mass is 10.0. The van der Waals surface area contributed by atoms with Crippen molar-refractivity contribution in [1.29, 1.82) is 0 Å². The second-order valence-corrected chi connectivity index (χ2v) is 9.29. The molecule has 2 heteroatoms. The van der Waals surface area contributed by atoms with Crippen LogP contribution >= 0.6 is 22.7 Å². The van der Waals surface area contributed by atoms with Gasteiger partial charge >= 0.3 is 0 Å². The van der Waals surface area contributed by atoms with Gasteiger partial charge in [-0.15, -0.1) is 22.7 Å². The number of hydrogen-bond donors (Lipinski definition) is 0. The lowest BCUT2D eigenvalue weighted by Crippen LogP contribution is -1.75. The smallest absolute Gasteiger partial charge is 0.0434 e. The lowest BCUT2D eigenvalue weighted by molar-refractivity contribution is 1.52. The SMILES string of the molecule is Cc1ccc2c(c1)sc1c2ccc2c1ccc1c3ccc(C)cc3sc12. The molecule has 0 unspecified atom stereocenters. The number of benzene rings is 4. The van der Waals surface area contributed by atoms with Crippen LogP contribution in [0.1, 0.15) is 11.1 Å². The van der Waals surface area contributed by atoms with Gasteiger partial charge in [-0.1, -0.05) is 48.5 Å². The summed E-state index contributed by atoms with van der Waals surface area (Å²) in [6.07, 6.45) is 0. The summed E-state index contributed by atoms with van der Waals surface area (Å²) in [6.45, 7) is 4.34. The molecule has 6 rings (SSSR count). The molecular weight excluding hydrogens is 352 g/mol. The minimum absolute atomic E-state index is 1.33. The van der Waals surface area contributed by atoms with E-state index < -0.39 is 0 Å². The highest BCUT2D eigenvalue weighted by molar-refractivity contribution is 7.28. The van der Waals surface area contributed by atoms with Gasteiger partial charge in [-0.05, 0) is 37.1 Å². The van der Waals surface area contributed by atoms with E-state index in [0.717, 1.165) is 0 Å². The third-order valence-corrected chi connectivity index (χ3v) is 7.78. The van der Waals surface area contributed by atoms with Crippen molar-refractivity contribution in [1.82, 2.24) is 0 Å². The first-order valence-electron chi connectivity index (χ1n) is 8.86. The second kappa shape index (κ2) is 5.06. The number of hydrogen-bond acceptors (Lipinski definition) is 2. The average molecular weight is 369 g/mol. The fourth-order valence-corrected chi connectivity index (χ4v) is 6.74. The van der Waals surface area contributed by atoms with Crippen LogP contribution in [0.5, 0.6) is 0 Å². The Morgan fingerprint density at radius 2 is 0.808 bits per heavy atom. The fraction of sp³-hybridized carbons (Fsp3) is 0.0833.